The zero-order valence-corrected chi connectivity index (χ0v) is 19.4. The molecule has 2 aromatic carbocycles. The Kier molecular flexibility index (Phi) is 10.2. The number of phenols is 1. The van der Waals surface area contributed by atoms with Gasteiger partial charge in [-0.15, -0.1) is 0 Å². The summed E-state index contributed by atoms with van der Waals surface area (Å²) < 4.78 is 11.8. The highest BCUT2D eigenvalue weighted by molar-refractivity contribution is 5.94. The lowest BCUT2D eigenvalue weighted by molar-refractivity contribution is 0.0755. The summed E-state index contributed by atoms with van der Waals surface area (Å²) in [7, 11) is 0. The minimum atomic E-state index is 0.0865. The van der Waals surface area contributed by atoms with Crippen LogP contribution in [0.5, 0.6) is 17.2 Å². The summed E-state index contributed by atoms with van der Waals surface area (Å²) in [5.74, 6) is 2.02. The number of aromatic hydroxyl groups is 1. The van der Waals surface area contributed by atoms with E-state index < -0.39 is 0 Å². The highest BCUT2D eigenvalue weighted by atomic mass is 16.5. The van der Waals surface area contributed by atoms with Crippen LogP contribution in [0.3, 0.4) is 0 Å². The first kappa shape index (κ1) is 24.6. The van der Waals surface area contributed by atoms with Gasteiger partial charge in [0, 0.05) is 18.7 Å². The second-order valence-corrected chi connectivity index (χ2v) is 7.83. The molecule has 0 saturated carbocycles. The van der Waals surface area contributed by atoms with Gasteiger partial charge in [-0.2, -0.15) is 0 Å². The molecular weight excluding hydrogens is 390 g/mol. The maximum Gasteiger partial charge on any atom is 0.253 e. The van der Waals surface area contributed by atoms with E-state index in [0.717, 1.165) is 67.8 Å². The number of phenolic OH excluding ortho intramolecular Hbond substituents is 1. The second-order valence-electron chi connectivity index (χ2n) is 7.83. The van der Waals surface area contributed by atoms with Crippen molar-refractivity contribution < 1.29 is 19.4 Å². The van der Waals surface area contributed by atoms with Crippen molar-refractivity contribution in [3.8, 4) is 17.2 Å². The quantitative estimate of drug-likeness (QED) is 0.413. The Morgan fingerprint density at radius 2 is 1.55 bits per heavy atom. The van der Waals surface area contributed by atoms with Crippen molar-refractivity contribution in [3.63, 3.8) is 0 Å². The van der Waals surface area contributed by atoms with Gasteiger partial charge in [0.15, 0.2) is 0 Å². The molecule has 2 rings (SSSR count). The van der Waals surface area contributed by atoms with Crippen LogP contribution in [0.4, 0.5) is 0 Å². The van der Waals surface area contributed by atoms with Gasteiger partial charge < -0.3 is 19.5 Å². The molecule has 0 aliphatic carbocycles. The van der Waals surface area contributed by atoms with E-state index in [1.807, 2.05) is 36.1 Å². The molecule has 1 amide bonds. The van der Waals surface area contributed by atoms with Crippen LogP contribution in [0.2, 0.25) is 0 Å². The molecule has 1 N–H and O–H groups in total. The Morgan fingerprint density at radius 3 is 2.13 bits per heavy atom. The van der Waals surface area contributed by atoms with E-state index in [-0.39, 0.29) is 11.7 Å². The molecule has 0 saturated heterocycles. The molecular formula is C26H37NO4. The molecule has 0 aliphatic rings. The molecule has 0 unspecified atom stereocenters. The Hall–Kier alpha value is -2.69. The van der Waals surface area contributed by atoms with Gasteiger partial charge in [0.1, 0.15) is 17.2 Å². The Balaban J connectivity index is 1.75. The average molecular weight is 428 g/mol. The van der Waals surface area contributed by atoms with Crippen molar-refractivity contribution in [1.29, 1.82) is 0 Å². The minimum Gasteiger partial charge on any atom is -0.508 e. The molecule has 2 aromatic rings. The molecule has 0 spiro atoms. The van der Waals surface area contributed by atoms with Gasteiger partial charge in [0.2, 0.25) is 0 Å². The Labute approximate surface area is 187 Å². The fourth-order valence-corrected chi connectivity index (χ4v) is 3.59. The fraction of sp³-hybridized carbons (Fsp3) is 0.500. The number of unbranched alkanes of at least 4 members (excludes halogenated alkanes) is 1. The van der Waals surface area contributed by atoms with Crippen molar-refractivity contribution in [2.45, 2.75) is 59.8 Å². The lowest BCUT2D eigenvalue weighted by Crippen LogP contribution is -2.32. The number of hydrogen-bond donors (Lipinski definition) is 1. The lowest BCUT2D eigenvalue weighted by atomic mass is 10.1. The van der Waals surface area contributed by atoms with E-state index in [1.54, 1.807) is 12.1 Å². The lowest BCUT2D eigenvalue weighted by Gasteiger charge is -2.21. The SMILES string of the molecule is CCCN(CCC)C(=O)c1ccc(OCCCCOc2c(C)cc(O)cc2CC)cc1. The summed E-state index contributed by atoms with van der Waals surface area (Å²) >= 11 is 0. The Morgan fingerprint density at radius 1 is 0.935 bits per heavy atom. The smallest absolute Gasteiger partial charge is 0.253 e. The molecule has 0 aromatic heterocycles. The third kappa shape index (κ3) is 7.50. The number of carbonyl (C=O) groups is 1. The van der Waals surface area contributed by atoms with Crippen LogP contribution in [0, 0.1) is 6.92 Å². The highest BCUT2D eigenvalue weighted by Gasteiger charge is 2.14. The van der Waals surface area contributed by atoms with Crippen LogP contribution in [-0.4, -0.2) is 42.2 Å². The van der Waals surface area contributed by atoms with Gasteiger partial charge in [-0.1, -0.05) is 20.8 Å². The van der Waals surface area contributed by atoms with Crippen LogP contribution in [0.1, 0.15) is 67.9 Å². The third-order valence-corrected chi connectivity index (χ3v) is 5.15. The third-order valence-electron chi connectivity index (χ3n) is 5.15. The topological polar surface area (TPSA) is 59.0 Å². The van der Waals surface area contributed by atoms with Crippen LogP contribution in [0.15, 0.2) is 36.4 Å². The standard InChI is InChI=1S/C26H37NO4/c1-5-14-27(15-6-2)26(29)22-10-12-24(13-11-22)30-16-8-9-17-31-25-20(4)18-23(28)19-21(25)7-3/h10-13,18-19,28H,5-9,14-17H2,1-4H3. The van der Waals surface area contributed by atoms with Crippen molar-refractivity contribution in [3.05, 3.63) is 53.1 Å². The van der Waals surface area contributed by atoms with E-state index in [4.69, 9.17) is 9.47 Å². The van der Waals surface area contributed by atoms with E-state index in [1.165, 1.54) is 0 Å². The molecule has 0 heterocycles. The van der Waals surface area contributed by atoms with Crippen LogP contribution < -0.4 is 9.47 Å². The number of rotatable bonds is 13. The summed E-state index contributed by atoms with van der Waals surface area (Å²) in [6, 6.07) is 10.9. The fourth-order valence-electron chi connectivity index (χ4n) is 3.59. The van der Waals surface area contributed by atoms with Gasteiger partial charge in [-0.05, 0) is 86.6 Å². The summed E-state index contributed by atoms with van der Waals surface area (Å²) in [5.41, 5.74) is 2.69. The number of aryl methyl sites for hydroxylation is 2. The summed E-state index contributed by atoms with van der Waals surface area (Å²) in [5, 5.41) is 9.73. The van der Waals surface area contributed by atoms with Gasteiger partial charge >= 0.3 is 0 Å². The zero-order valence-electron chi connectivity index (χ0n) is 19.4. The molecule has 5 nitrogen and oxygen atoms in total. The summed E-state index contributed by atoms with van der Waals surface area (Å²) in [6.45, 7) is 11.0. The van der Waals surface area contributed by atoms with Gasteiger partial charge in [0.05, 0.1) is 13.2 Å². The monoisotopic (exact) mass is 427 g/mol. The predicted molar refractivity (Wildman–Crippen MR) is 125 cm³/mol. The number of nitrogens with zero attached hydrogens (tertiary/aromatic N) is 1. The molecule has 0 fully saturated rings. The van der Waals surface area contributed by atoms with Crippen molar-refractivity contribution in [1.82, 2.24) is 4.90 Å². The number of benzene rings is 2. The average Bonchev–Trinajstić information content (AvgIpc) is 2.76. The summed E-state index contributed by atoms with van der Waals surface area (Å²) in [4.78, 5) is 14.5. The number of carbonyl (C=O) groups excluding carboxylic acids is 1. The largest absolute Gasteiger partial charge is 0.508 e. The van der Waals surface area contributed by atoms with E-state index in [2.05, 4.69) is 20.8 Å². The molecule has 31 heavy (non-hydrogen) atoms. The summed E-state index contributed by atoms with van der Waals surface area (Å²) in [6.07, 6.45) is 4.50. The van der Waals surface area contributed by atoms with Crippen molar-refractivity contribution in [2.24, 2.45) is 0 Å². The first-order chi connectivity index (χ1) is 15.0. The molecule has 0 atom stereocenters. The van der Waals surface area contributed by atoms with E-state index >= 15 is 0 Å². The van der Waals surface area contributed by atoms with Crippen LogP contribution in [-0.2, 0) is 6.42 Å². The first-order valence-electron chi connectivity index (χ1n) is 11.5. The van der Waals surface area contributed by atoms with Crippen molar-refractivity contribution in [2.75, 3.05) is 26.3 Å². The molecule has 0 bridgehead atoms. The van der Waals surface area contributed by atoms with E-state index in [0.29, 0.717) is 18.8 Å². The van der Waals surface area contributed by atoms with Gasteiger partial charge in [-0.3, -0.25) is 4.79 Å². The number of ether oxygens (including phenoxy) is 2. The second kappa shape index (κ2) is 12.9. The predicted octanol–water partition coefficient (Wildman–Crippen LogP) is 5.76. The minimum absolute atomic E-state index is 0.0865. The maximum atomic E-state index is 12.6. The molecule has 170 valence electrons. The molecule has 0 aliphatic heterocycles. The Bertz CT molecular complexity index is 811. The number of amides is 1. The highest BCUT2D eigenvalue weighted by Crippen LogP contribution is 2.29. The molecule has 0 radical (unpaired) electrons. The van der Waals surface area contributed by atoms with E-state index in [9.17, 15) is 9.90 Å². The molecule has 5 heteroatoms. The zero-order chi connectivity index (χ0) is 22.6. The van der Waals surface area contributed by atoms with Crippen LogP contribution in [0.25, 0.3) is 0 Å². The first-order valence-corrected chi connectivity index (χ1v) is 11.5. The normalized spacial score (nSPS) is 10.7. The van der Waals surface area contributed by atoms with Crippen LogP contribution >= 0.6 is 0 Å². The maximum absolute atomic E-state index is 12.6. The van der Waals surface area contributed by atoms with Gasteiger partial charge in [-0.25, -0.2) is 0 Å². The van der Waals surface area contributed by atoms with Gasteiger partial charge in [0.25, 0.3) is 5.91 Å². The number of hydrogen-bond acceptors (Lipinski definition) is 4. The van der Waals surface area contributed by atoms with Crippen molar-refractivity contribution >= 4 is 5.91 Å².